The molecule has 0 saturated heterocycles. The maximum atomic E-state index is 9.45. The molecule has 0 aliphatic heterocycles. The van der Waals surface area contributed by atoms with Crippen LogP contribution in [0.1, 0.15) is 12.5 Å². The standard InChI is InChI=1S/C12H12N2O/c1-12(9-14,11(15)8-13)7-10-5-3-2-4-6-10/h2-6,11,15H,7H2,1H3/t11?,12-/m1/s1. The SMILES string of the molecule is C[C@](C#N)(Cc1ccccc1)C(O)C#N. The Labute approximate surface area is 89.2 Å². The molecule has 2 atom stereocenters. The van der Waals surface area contributed by atoms with E-state index in [2.05, 4.69) is 0 Å². The molecule has 76 valence electrons. The number of nitriles is 2. The summed E-state index contributed by atoms with van der Waals surface area (Å²) in [5.74, 6) is 0. The highest BCUT2D eigenvalue weighted by molar-refractivity contribution is 5.21. The molecule has 1 unspecified atom stereocenters. The number of aliphatic hydroxyl groups excluding tert-OH is 1. The van der Waals surface area contributed by atoms with Crippen molar-refractivity contribution in [1.29, 1.82) is 10.5 Å². The lowest BCUT2D eigenvalue weighted by atomic mass is 9.80. The number of aliphatic hydroxyl groups is 1. The van der Waals surface area contributed by atoms with Gasteiger partial charge >= 0.3 is 0 Å². The molecule has 0 aliphatic carbocycles. The summed E-state index contributed by atoms with van der Waals surface area (Å²) in [6, 6.07) is 13.1. The molecule has 0 fully saturated rings. The quantitative estimate of drug-likeness (QED) is 0.754. The van der Waals surface area contributed by atoms with Crippen LogP contribution in [0.5, 0.6) is 0 Å². The van der Waals surface area contributed by atoms with Crippen LogP contribution in [-0.2, 0) is 6.42 Å². The largest absolute Gasteiger partial charge is 0.376 e. The smallest absolute Gasteiger partial charge is 0.159 e. The predicted molar refractivity (Wildman–Crippen MR) is 55.5 cm³/mol. The zero-order valence-corrected chi connectivity index (χ0v) is 8.51. The van der Waals surface area contributed by atoms with Gasteiger partial charge in [-0.3, -0.25) is 0 Å². The van der Waals surface area contributed by atoms with Gasteiger partial charge in [-0.25, -0.2) is 0 Å². The van der Waals surface area contributed by atoms with Crippen LogP contribution in [-0.4, -0.2) is 11.2 Å². The fraction of sp³-hybridized carbons (Fsp3) is 0.333. The van der Waals surface area contributed by atoms with Crippen LogP contribution in [0.4, 0.5) is 0 Å². The first-order valence-corrected chi connectivity index (χ1v) is 4.65. The van der Waals surface area contributed by atoms with Crippen molar-refractivity contribution in [3.63, 3.8) is 0 Å². The van der Waals surface area contributed by atoms with Crippen molar-refractivity contribution >= 4 is 0 Å². The van der Waals surface area contributed by atoms with E-state index >= 15 is 0 Å². The van der Waals surface area contributed by atoms with Gasteiger partial charge in [0.05, 0.1) is 17.6 Å². The Morgan fingerprint density at radius 2 is 1.93 bits per heavy atom. The first-order chi connectivity index (χ1) is 7.12. The van der Waals surface area contributed by atoms with Crippen molar-refractivity contribution in [3.05, 3.63) is 35.9 Å². The molecule has 1 aromatic rings. The van der Waals surface area contributed by atoms with Crippen LogP contribution in [0, 0.1) is 28.1 Å². The summed E-state index contributed by atoms with van der Waals surface area (Å²) >= 11 is 0. The van der Waals surface area contributed by atoms with Crippen LogP contribution in [0.15, 0.2) is 30.3 Å². The third-order valence-corrected chi connectivity index (χ3v) is 2.40. The molecule has 0 saturated carbocycles. The van der Waals surface area contributed by atoms with Gasteiger partial charge in [-0.05, 0) is 18.9 Å². The van der Waals surface area contributed by atoms with Crippen molar-refractivity contribution in [2.75, 3.05) is 0 Å². The number of benzene rings is 1. The van der Waals surface area contributed by atoms with Gasteiger partial charge in [0.25, 0.3) is 0 Å². The molecule has 15 heavy (non-hydrogen) atoms. The number of hydrogen-bond donors (Lipinski definition) is 1. The Kier molecular flexibility index (Phi) is 3.44. The second kappa shape index (κ2) is 4.59. The first-order valence-electron chi connectivity index (χ1n) is 4.65. The van der Waals surface area contributed by atoms with Gasteiger partial charge in [0, 0.05) is 0 Å². The Balaban J connectivity index is 2.89. The van der Waals surface area contributed by atoms with Crippen LogP contribution >= 0.6 is 0 Å². The molecule has 3 nitrogen and oxygen atoms in total. The van der Waals surface area contributed by atoms with Crippen molar-refractivity contribution in [3.8, 4) is 12.1 Å². The van der Waals surface area contributed by atoms with Crippen molar-refractivity contribution in [1.82, 2.24) is 0 Å². The lowest BCUT2D eigenvalue weighted by Crippen LogP contribution is -2.31. The highest BCUT2D eigenvalue weighted by Crippen LogP contribution is 2.25. The summed E-state index contributed by atoms with van der Waals surface area (Å²) < 4.78 is 0. The first kappa shape index (κ1) is 11.2. The van der Waals surface area contributed by atoms with Gasteiger partial charge in [0.1, 0.15) is 0 Å². The van der Waals surface area contributed by atoms with E-state index in [0.29, 0.717) is 6.42 Å². The van der Waals surface area contributed by atoms with Crippen LogP contribution in [0.3, 0.4) is 0 Å². The zero-order valence-electron chi connectivity index (χ0n) is 8.51. The molecule has 1 rings (SSSR count). The number of rotatable bonds is 3. The second-order valence-corrected chi connectivity index (χ2v) is 3.72. The summed E-state index contributed by atoms with van der Waals surface area (Å²) in [5.41, 5.74) is -0.105. The molecule has 0 aliphatic rings. The minimum atomic E-state index is -1.26. The predicted octanol–water partition coefficient (Wildman–Crippen LogP) is 1.64. The number of hydrogen-bond acceptors (Lipinski definition) is 3. The molecule has 1 aromatic carbocycles. The van der Waals surface area contributed by atoms with Crippen molar-refractivity contribution in [2.24, 2.45) is 5.41 Å². The van der Waals surface area contributed by atoms with Crippen LogP contribution in [0.2, 0.25) is 0 Å². The third-order valence-electron chi connectivity index (χ3n) is 2.40. The average molecular weight is 200 g/mol. The van der Waals surface area contributed by atoms with Gasteiger partial charge in [0.15, 0.2) is 6.10 Å². The maximum Gasteiger partial charge on any atom is 0.159 e. The summed E-state index contributed by atoms with van der Waals surface area (Å²) in [6.45, 7) is 1.59. The molecule has 0 heterocycles. The highest BCUT2D eigenvalue weighted by atomic mass is 16.3. The Morgan fingerprint density at radius 3 is 2.40 bits per heavy atom. The van der Waals surface area contributed by atoms with Crippen molar-refractivity contribution in [2.45, 2.75) is 19.4 Å². The summed E-state index contributed by atoms with van der Waals surface area (Å²) in [6.07, 6.45) is -0.887. The molecule has 0 aromatic heterocycles. The van der Waals surface area contributed by atoms with E-state index in [1.165, 1.54) is 0 Å². The molecule has 3 heteroatoms. The Bertz CT molecular complexity index is 402. The van der Waals surface area contributed by atoms with Crippen molar-refractivity contribution < 1.29 is 5.11 Å². The molecule has 0 radical (unpaired) electrons. The molecular formula is C12H12N2O. The minimum absolute atomic E-state index is 0.374. The maximum absolute atomic E-state index is 9.45. The van der Waals surface area contributed by atoms with Gasteiger partial charge in [0.2, 0.25) is 0 Å². The molecule has 0 spiro atoms. The van der Waals surface area contributed by atoms with Crippen LogP contribution < -0.4 is 0 Å². The topological polar surface area (TPSA) is 67.8 Å². The van der Waals surface area contributed by atoms with Gasteiger partial charge in [-0.2, -0.15) is 10.5 Å². The summed E-state index contributed by atoms with van der Waals surface area (Å²) in [4.78, 5) is 0. The van der Waals surface area contributed by atoms with E-state index in [1.807, 2.05) is 36.4 Å². The molecule has 1 N–H and O–H groups in total. The fourth-order valence-electron chi connectivity index (χ4n) is 1.36. The Morgan fingerprint density at radius 1 is 1.33 bits per heavy atom. The van der Waals surface area contributed by atoms with E-state index in [0.717, 1.165) is 5.56 Å². The Hall–Kier alpha value is -1.84. The van der Waals surface area contributed by atoms with E-state index in [4.69, 9.17) is 10.5 Å². The lowest BCUT2D eigenvalue weighted by Gasteiger charge is -2.22. The van der Waals surface area contributed by atoms with Gasteiger partial charge < -0.3 is 5.11 Å². The fourth-order valence-corrected chi connectivity index (χ4v) is 1.36. The summed E-state index contributed by atoms with van der Waals surface area (Å²) in [5, 5.41) is 27.1. The normalized spacial score (nSPS) is 15.7. The average Bonchev–Trinajstić information content (AvgIpc) is 2.29. The minimum Gasteiger partial charge on any atom is -0.376 e. The van der Waals surface area contributed by atoms with E-state index in [9.17, 15) is 5.11 Å². The lowest BCUT2D eigenvalue weighted by molar-refractivity contribution is 0.124. The molecular weight excluding hydrogens is 188 g/mol. The van der Waals surface area contributed by atoms with Gasteiger partial charge in [-0.1, -0.05) is 30.3 Å². The summed E-state index contributed by atoms with van der Waals surface area (Å²) in [7, 11) is 0. The van der Waals surface area contributed by atoms with E-state index < -0.39 is 11.5 Å². The molecule has 0 bridgehead atoms. The number of nitrogens with zero attached hydrogens (tertiary/aromatic N) is 2. The monoisotopic (exact) mass is 200 g/mol. The zero-order chi connectivity index (χ0) is 11.3. The highest BCUT2D eigenvalue weighted by Gasteiger charge is 2.33. The molecule has 0 amide bonds. The second-order valence-electron chi connectivity index (χ2n) is 3.72. The van der Waals surface area contributed by atoms with E-state index in [-0.39, 0.29) is 0 Å². The third kappa shape index (κ3) is 2.56. The van der Waals surface area contributed by atoms with Crippen LogP contribution in [0.25, 0.3) is 0 Å². The van der Waals surface area contributed by atoms with E-state index in [1.54, 1.807) is 13.0 Å². The van der Waals surface area contributed by atoms with Gasteiger partial charge in [-0.15, -0.1) is 0 Å².